The van der Waals surface area contributed by atoms with Gasteiger partial charge in [-0.2, -0.15) is 0 Å². The molecule has 2 fully saturated rings. The summed E-state index contributed by atoms with van der Waals surface area (Å²) in [5, 5.41) is 12.2. The second-order valence-corrected chi connectivity index (χ2v) is 11.3. The highest BCUT2D eigenvalue weighted by atomic mass is 32.1. The Morgan fingerprint density at radius 1 is 1.25 bits per heavy atom. The Balaban J connectivity index is 1.52. The van der Waals surface area contributed by atoms with Crippen LogP contribution in [0.5, 0.6) is 0 Å². The van der Waals surface area contributed by atoms with Crippen molar-refractivity contribution in [2.75, 3.05) is 11.6 Å². The zero-order chi connectivity index (χ0) is 26.2. The summed E-state index contributed by atoms with van der Waals surface area (Å²) in [5.74, 6) is -0.957. The van der Waals surface area contributed by atoms with Crippen LogP contribution >= 0.6 is 11.3 Å². The molecule has 0 bridgehead atoms. The number of rotatable bonds is 7. The molecule has 36 heavy (non-hydrogen) atoms. The molecule has 10 nitrogen and oxygen atoms in total. The fourth-order valence-corrected chi connectivity index (χ4v) is 5.23. The van der Waals surface area contributed by atoms with Crippen LogP contribution in [0.15, 0.2) is 29.8 Å². The number of hydrogen-bond acceptors (Lipinski definition) is 8. The first-order chi connectivity index (χ1) is 17.0. The monoisotopic (exact) mass is 515 g/mol. The molecule has 194 valence electrons. The number of carbonyl (C=O) groups is 3. The smallest absolute Gasteiger partial charge is 0.405 e. The lowest BCUT2D eigenvalue weighted by Crippen LogP contribution is -2.56. The van der Waals surface area contributed by atoms with Gasteiger partial charge < -0.3 is 20.5 Å². The third-order valence-electron chi connectivity index (χ3n) is 6.41. The number of hydrazine groups is 1. The fraction of sp³-hybridized carbons (Fsp3) is 0.520. The minimum Gasteiger partial charge on any atom is -0.436 e. The summed E-state index contributed by atoms with van der Waals surface area (Å²) in [6.45, 7) is 7.17. The largest absolute Gasteiger partial charge is 0.436 e. The summed E-state index contributed by atoms with van der Waals surface area (Å²) >= 11 is 1.58. The van der Waals surface area contributed by atoms with Gasteiger partial charge in [-0.05, 0) is 37.5 Å². The lowest BCUT2D eigenvalue weighted by atomic mass is 9.88. The Morgan fingerprint density at radius 2 is 1.92 bits per heavy atom. The minimum absolute atomic E-state index is 0.0298. The Labute approximate surface area is 214 Å². The summed E-state index contributed by atoms with van der Waals surface area (Å²) in [4.78, 5) is 44.9. The average molecular weight is 516 g/mol. The quantitative estimate of drug-likeness (QED) is 0.482. The molecule has 1 saturated heterocycles. The molecule has 1 saturated carbocycles. The summed E-state index contributed by atoms with van der Waals surface area (Å²) in [6, 6.07) is 7.16. The van der Waals surface area contributed by atoms with Gasteiger partial charge in [0.15, 0.2) is 6.10 Å². The molecule has 4 N–H and O–H groups in total. The van der Waals surface area contributed by atoms with Gasteiger partial charge in [0, 0.05) is 18.4 Å². The van der Waals surface area contributed by atoms with Gasteiger partial charge in [-0.15, -0.1) is 11.3 Å². The number of β-amino-alcohol motifs (C(OH)–C–C–N with tert-alkyl or cyclic N) is 1. The predicted molar refractivity (Wildman–Crippen MR) is 136 cm³/mol. The zero-order valence-electron chi connectivity index (χ0n) is 20.9. The van der Waals surface area contributed by atoms with Crippen LogP contribution in [-0.2, 0) is 14.3 Å². The maximum Gasteiger partial charge on any atom is 0.405 e. The van der Waals surface area contributed by atoms with Gasteiger partial charge in [-0.1, -0.05) is 32.9 Å². The molecule has 3 atom stereocenters. The van der Waals surface area contributed by atoms with Crippen LogP contribution in [0.4, 0.5) is 10.5 Å². The number of anilines is 1. The molecule has 11 heteroatoms. The topological polar surface area (TPSA) is 138 Å². The number of aliphatic hydroxyl groups excluding tert-OH is 1. The van der Waals surface area contributed by atoms with Gasteiger partial charge in [-0.3, -0.25) is 20.0 Å². The van der Waals surface area contributed by atoms with Crippen LogP contribution in [0.3, 0.4) is 0 Å². The molecule has 2 heterocycles. The van der Waals surface area contributed by atoms with Gasteiger partial charge in [-0.25, -0.2) is 9.78 Å². The van der Waals surface area contributed by atoms with E-state index in [1.165, 1.54) is 4.90 Å². The molecule has 4 rings (SSSR count). The number of aryl methyl sites for hydroxylation is 1. The first-order valence-corrected chi connectivity index (χ1v) is 12.9. The number of likely N-dealkylation sites (tertiary alicyclic amines) is 1. The number of amides is 3. The number of aromatic nitrogens is 1. The van der Waals surface area contributed by atoms with Crippen molar-refractivity contribution in [1.82, 2.24) is 15.3 Å². The van der Waals surface area contributed by atoms with Gasteiger partial charge in [0.1, 0.15) is 6.04 Å². The molecule has 1 aromatic heterocycles. The van der Waals surface area contributed by atoms with Crippen LogP contribution in [0, 0.1) is 12.3 Å². The first kappa shape index (κ1) is 25.9. The molecule has 1 aliphatic carbocycles. The van der Waals surface area contributed by atoms with E-state index < -0.39 is 41.6 Å². The van der Waals surface area contributed by atoms with Crippen molar-refractivity contribution in [2.24, 2.45) is 11.1 Å². The highest BCUT2D eigenvalue weighted by molar-refractivity contribution is 7.13. The van der Waals surface area contributed by atoms with Gasteiger partial charge >= 0.3 is 6.09 Å². The van der Waals surface area contributed by atoms with E-state index in [0.717, 1.165) is 34.7 Å². The number of nitrogens with zero attached hydrogens (tertiary/aromatic N) is 3. The third-order valence-corrected chi connectivity index (χ3v) is 7.38. The number of aliphatic hydroxyl groups is 1. The molecule has 2 aromatic rings. The molecule has 0 spiro atoms. The van der Waals surface area contributed by atoms with Crippen LogP contribution in [-0.4, -0.2) is 63.7 Å². The Morgan fingerprint density at radius 3 is 2.44 bits per heavy atom. The zero-order valence-corrected chi connectivity index (χ0v) is 21.7. The normalized spacial score (nSPS) is 20.6. The number of nitrogens with two attached hydrogens (primary N) is 1. The molecule has 1 aliphatic heterocycles. The fourth-order valence-electron chi connectivity index (χ4n) is 4.42. The van der Waals surface area contributed by atoms with Crippen molar-refractivity contribution in [3.05, 3.63) is 35.5 Å². The Hall–Kier alpha value is -3.18. The molecule has 0 unspecified atom stereocenters. The number of primary amides is 1. The highest BCUT2D eigenvalue weighted by Crippen LogP contribution is 2.34. The minimum atomic E-state index is -1.18. The number of thiazole rings is 1. The SMILES string of the molecule is Cc1ncsc1-c1ccc(N(NC(=O)[C@@H]2C[C@@H](O)CN2C(=O)[C@@H](OC(N)=O)C(C)(C)C)C2CC2)cc1. The third kappa shape index (κ3) is 5.62. The van der Waals surface area contributed by atoms with E-state index in [0.29, 0.717) is 0 Å². The lowest BCUT2D eigenvalue weighted by Gasteiger charge is -2.34. The van der Waals surface area contributed by atoms with E-state index in [-0.39, 0.29) is 19.0 Å². The van der Waals surface area contributed by atoms with Crippen molar-refractivity contribution >= 4 is 34.9 Å². The van der Waals surface area contributed by atoms with E-state index >= 15 is 0 Å². The van der Waals surface area contributed by atoms with Crippen LogP contribution in [0.25, 0.3) is 10.4 Å². The van der Waals surface area contributed by atoms with Crippen LogP contribution in [0.2, 0.25) is 0 Å². The van der Waals surface area contributed by atoms with Gasteiger partial charge in [0.05, 0.1) is 33.9 Å². The summed E-state index contributed by atoms with van der Waals surface area (Å²) < 4.78 is 5.12. The van der Waals surface area contributed by atoms with Gasteiger partial charge in [0.25, 0.3) is 11.8 Å². The van der Waals surface area contributed by atoms with E-state index in [1.54, 1.807) is 32.1 Å². The molecular formula is C25H33N5O5S. The maximum absolute atomic E-state index is 13.4. The molecular weight excluding hydrogens is 482 g/mol. The van der Waals surface area contributed by atoms with E-state index in [2.05, 4.69) is 10.4 Å². The van der Waals surface area contributed by atoms with Crippen molar-refractivity contribution < 1.29 is 24.2 Å². The van der Waals surface area contributed by atoms with Crippen molar-refractivity contribution in [3.8, 4) is 10.4 Å². The van der Waals surface area contributed by atoms with Gasteiger partial charge in [0.2, 0.25) is 0 Å². The van der Waals surface area contributed by atoms with Crippen LogP contribution < -0.4 is 16.2 Å². The number of hydrogen-bond donors (Lipinski definition) is 3. The van der Waals surface area contributed by atoms with Crippen molar-refractivity contribution in [2.45, 2.75) is 71.2 Å². The maximum atomic E-state index is 13.4. The summed E-state index contributed by atoms with van der Waals surface area (Å²) in [5.41, 5.74) is 12.1. The molecule has 0 radical (unpaired) electrons. The van der Waals surface area contributed by atoms with Crippen molar-refractivity contribution in [3.63, 3.8) is 0 Å². The second kappa shape index (κ2) is 10.1. The summed E-state index contributed by atoms with van der Waals surface area (Å²) in [7, 11) is 0. The van der Waals surface area contributed by atoms with E-state index in [4.69, 9.17) is 10.5 Å². The number of nitrogens with one attached hydrogen (secondary N) is 1. The predicted octanol–water partition coefficient (Wildman–Crippen LogP) is 2.59. The summed E-state index contributed by atoms with van der Waals surface area (Å²) in [6.07, 6.45) is -1.16. The number of carbonyl (C=O) groups excluding carboxylic acids is 3. The lowest BCUT2D eigenvalue weighted by molar-refractivity contribution is -0.150. The molecule has 2 aliphatic rings. The van der Waals surface area contributed by atoms with Crippen LogP contribution in [0.1, 0.15) is 45.7 Å². The Kier molecular flexibility index (Phi) is 7.24. The molecule has 3 amide bonds. The Bertz CT molecular complexity index is 1120. The first-order valence-electron chi connectivity index (χ1n) is 12.0. The standard InChI is InChI=1S/C25H33N5O5S/c1-14-20(36-13-27-14)15-5-7-16(8-6-15)30(17-9-10-17)28-22(32)19-11-18(31)12-29(19)23(33)21(25(2,3)4)35-24(26)34/h5-8,13,17-19,21,31H,9-12H2,1-4H3,(H2,26,34)(H,28,32)/t18-,19+,21-/m1/s1. The number of ether oxygens (including phenoxy) is 1. The average Bonchev–Trinajstić information content (AvgIpc) is 3.44. The van der Waals surface area contributed by atoms with Crippen molar-refractivity contribution in [1.29, 1.82) is 0 Å². The molecule has 1 aromatic carbocycles. The second-order valence-electron chi connectivity index (χ2n) is 10.5. The van der Waals surface area contributed by atoms with E-state index in [9.17, 15) is 19.5 Å². The highest BCUT2D eigenvalue weighted by Gasteiger charge is 2.46. The van der Waals surface area contributed by atoms with E-state index in [1.807, 2.05) is 41.7 Å². The number of benzene rings is 1.